The Morgan fingerprint density at radius 1 is 1.32 bits per heavy atom. The van der Waals surface area contributed by atoms with Crippen molar-refractivity contribution in [1.82, 2.24) is 4.90 Å². The highest BCUT2D eigenvalue weighted by molar-refractivity contribution is 5.83. The van der Waals surface area contributed by atoms with E-state index in [4.69, 9.17) is 0 Å². The minimum Gasteiger partial charge on any atom is -0.393 e. The summed E-state index contributed by atoms with van der Waals surface area (Å²) in [6.45, 7) is 3.44. The first-order valence-electron chi connectivity index (χ1n) is 7.18. The average Bonchev–Trinajstić information content (AvgIpc) is 3.22. The Kier molecular flexibility index (Phi) is 3.31. The number of hydrogen-bond donors (Lipinski definition) is 1. The van der Waals surface area contributed by atoms with E-state index in [1.807, 2.05) is 30.0 Å². The first-order chi connectivity index (χ1) is 9.16. The van der Waals surface area contributed by atoms with Crippen LogP contribution in [0.5, 0.6) is 0 Å². The second kappa shape index (κ2) is 4.97. The van der Waals surface area contributed by atoms with Crippen LogP contribution < -0.4 is 0 Å². The first kappa shape index (κ1) is 12.7. The number of piperidine rings is 1. The Morgan fingerprint density at radius 3 is 2.74 bits per heavy atom. The van der Waals surface area contributed by atoms with Crippen LogP contribution in [0.1, 0.15) is 31.2 Å². The summed E-state index contributed by atoms with van der Waals surface area (Å²) in [5, 5.41) is 9.72. The van der Waals surface area contributed by atoms with Crippen LogP contribution in [0.15, 0.2) is 30.3 Å². The van der Waals surface area contributed by atoms with Crippen molar-refractivity contribution in [2.75, 3.05) is 13.1 Å². The van der Waals surface area contributed by atoms with Crippen LogP contribution in [0.3, 0.4) is 0 Å². The van der Waals surface area contributed by atoms with Gasteiger partial charge in [-0.15, -0.1) is 0 Å². The van der Waals surface area contributed by atoms with Crippen molar-refractivity contribution >= 4 is 5.91 Å². The highest BCUT2D eigenvalue weighted by Gasteiger charge is 2.46. The lowest BCUT2D eigenvalue weighted by Gasteiger charge is -2.34. The van der Waals surface area contributed by atoms with Crippen molar-refractivity contribution in [3.63, 3.8) is 0 Å². The number of carbonyl (C=O) groups excluding carboxylic acids is 1. The minimum absolute atomic E-state index is 0.171. The van der Waals surface area contributed by atoms with Gasteiger partial charge in [0, 0.05) is 19.0 Å². The van der Waals surface area contributed by atoms with Gasteiger partial charge in [-0.05, 0) is 30.2 Å². The SMILES string of the molecule is CC1CN(C(=O)C2CC2c2ccccc2)CCC1O. The summed E-state index contributed by atoms with van der Waals surface area (Å²) in [6.07, 6.45) is 1.46. The van der Waals surface area contributed by atoms with Crippen molar-refractivity contribution in [3.8, 4) is 0 Å². The summed E-state index contributed by atoms with van der Waals surface area (Å²) in [7, 11) is 0. The summed E-state index contributed by atoms with van der Waals surface area (Å²) in [5.41, 5.74) is 1.28. The van der Waals surface area contributed by atoms with Crippen LogP contribution in [0, 0.1) is 11.8 Å². The number of rotatable bonds is 2. The molecule has 102 valence electrons. The largest absolute Gasteiger partial charge is 0.393 e. The van der Waals surface area contributed by atoms with E-state index in [1.54, 1.807) is 0 Å². The lowest BCUT2D eigenvalue weighted by Crippen LogP contribution is -2.45. The van der Waals surface area contributed by atoms with E-state index < -0.39 is 0 Å². The fraction of sp³-hybridized carbons (Fsp3) is 0.562. The predicted octanol–water partition coefficient (Wildman–Crippen LogP) is 2.02. The first-order valence-corrected chi connectivity index (χ1v) is 7.18. The van der Waals surface area contributed by atoms with E-state index >= 15 is 0 Å². The van der Waals surface area contributed by atoms with Gasteiger partial charge in [0.25, 0.3) is 0 Å². The highest BCUT2D eigenvalue weighted by Crippen LogP contribution is 2.48. The van der Waals surface area contributed by atoms with Gasteiger partial charge in [-0.2, -0.15) is 0 Å². The van der Waals surface area contributed by atoms with Gasteiger partial charge in [0.1, 0.15) is 0 Å². The molecule has 2 fully saturated rings. The molecule has 0 radical (unpaired) electrons. The zero-order valence-electron chi connectivity index (χ0n) is 11.3. The molecule has 19 heavy (non-hydrogen) atoms. The van der Waals surface area contributed by atoms with Crippen molar-refractivity contribution in [2.24, 2.45) is 11.8 Å². The van der Waals surface area contributed by atoms with Crippen molar-refractivity contribution in [1.29, 1.82) is 0 Å². The van der Waals surface area contributed by atoms with Crippen molar-refractivity contribution in [2.45, 2.75) is 31.8 Å². The number of hydrogen-bond acceptors (Lipinski definition) is 2. The fourth-order valence-corrected chi connectivity index (χ4v) is 3.10. The monoisotopic (exact) mass is 259 g/mol. The van der Waals surface area contributed by atoms with Gasteiger partial charge in [-0.1, -0.05) is 37.3 Å². The van der Waals surface area contributed by atoms with E-state index in [1.165, 1.54) is 5.56 Å². The maximum atomic E-state index is 12.4. The maximum Gasteiger partial charge on any atom is 0.226 e. The third kappa shape index (κ3) is 2.52. The van der Waals surface area contributed by atoms with Crippen LogP contribution in [0.25, 0.3) is 0 Å². The Bertz CT molecular complexity index is 459. The molecule has 1 aromatic rings. The summed E-state index contributed by atoms with van der Waals surface area (Å²) in [4.78, 5) is 14.4. The number of carbonyl (C=O) groups is 1. The number of aliphatic hydroxyl groups is 1. The van der Waals surface area contributed by atoms with Crippen LogP contribution >= 0.6 is 0 Å². The van der Waals surface area contributed by atoms with Gasteiger partial charge in [0.15, 0.2) is 0 Å². The van der Waals surface area contributed by atoms with Crippen LogP contribution in [0.4, 0.5) is 0 Å². The van der Waals surface area contributed by atoms with E-state index in [2.05, 4.69) is 12.1 Å². The van der Waals surface area contributed by atoms with Gasteiger partial charge in [-0.25, -0.2) is 0 Å². The molecule has 1 aliphatic carbocycles. The molecule has 1 amide bonds. The van der Waals surface area contributed by atoms with Crippen LogP contribution in [0.2, 0.25) is 0 Å². The molecule has 1 heterocycles. The molecule has 1 aromatic carbocycles. The smallest absolute Gasteiger partial charge is 0.226 e. The number of benzene rings is 1. The van der Waals surface area contributed by atoms with Crippen LogP contribution in [-0.4, -0.2) is 35.1 Å². The molecule has 1 aliphatic heterocycles. The topological polar surface area (TPSA) is 40.5 Å². The average molecular weight is 259 g/mol. The van der Waals surface area contributed by atoms with Crippen LogP contribution in [-0.2, 0) is 4.79 Å². The zero-order chi connectivity index (χ0) is 13.4. The third-order valence-corrected chi connectivity index (χ3v) is 4.51. The lowest BCUT2D eigenvalue weighted by atomic mass is 9.96. The number of amides is 1. The molecule has 1 N–H and O–H groups in total. The standard InChI is InChI=1S/C16H21NO2/c1-11-10-17(8-7-15(11)18)16(19)14-9-13(14)12-5-3-2-4-6-12/h2-6,11,13-15,18H,7-10H2,1H3. The quantitative estimate of drug-likeness (QED) is 0.882. The molecule has 0 aromatic heterocycles. The predicted molar refractivity (Wildman–Crippen MR) is 73.7 cm³/mol. The molecular weight excluding hydrogens is 238 g/mol. The summed E-state index contributed by atoms with van der Waals surface area (Å²) >= 11 is 0. The van der Waals surface area contributed by atoms with Crippen molar-refractivity contribution in [3.05, 3.63) is 35.9 Å². The number of nitrogens with zero attached hydrogens (tertiary/aromatic N) is 1. The second-order valence-electron chi connectivity index (χ2n) is 5.98. The third-order valence-electron chi connectivity index (χ3n) is 4.51. The fourth-order valence-electron chi connectivity index (χ4n) is 3.10. The summed E-state index contributed by atoms with van der Waals surface area (Å²) in [6, 6.07) is 10.3. The Labute approximate surface area is 114 Å². The molecule has 3 rings (SSSR count). The molecular formula is C16H21NO2. The maximum absolute atomic E-state index is 12.4. The molecule has 1 saturated carbocycles. The zero-order valence-corrected chi connectivity index (χ0v) is 11.3. The summed E-state index contributed by atoms with van der Waals surface area (Å²) < 4.78 is 0. The number of aliphatic hydroxyl groups excluding tert-OH is 1. The molecule has 4 atom stereocenters. The molecule has 1 saturated heterocycles. The second-order valence-corrected chi connectivity index (χ2v) is 5.98. The van der Waals surface area contributed by atoms with Gasteiger partial charge in [0.05, 0.1) is 6.10 Å². The van der Waals surface area contributed by atoms with E-state index in [-0.39, 0.29) is 23.8 Å². The highest BCUT2D eigenvalue weighted by atomic mass is 16.3. The molecule has 0 bridgehead atoms. The molecule has 4 unspecified atom stereocenters. The lowest BCUT2D eigenvalue weighted by molar-refractivity contribution is -0.136. The molecule has 0 spiro atoms. The molecule has 3 nitrogen and oxygen atoms in total. The van der Waals surface area contributed by atoms with E-state index in [9.17, 15) is 9.90 Å². The Balaban J connectivity index is 1.61. The van der Waals surface area contributed by atoms with Gasteiger partial charge in [-0.3, -0.25) is 4.79 Å². The number of likely N-dealkylation sites (tertiary alicyclic amines) is 1. The Hall–Kier alpha value is -1.35. The summed E-state index contributed by atoms with van der Waals surface area (Å²) in [5.74, 6) is 1.07. The van der Waals surface area contributed by atoms with E-state index in [0.717, 1.165) is 12.8 Å². The minimum atomic E-state index is -0.242. The van der Waals surface area contributed by atoms with Gasteiger partial charge >= 0.3 is 0 Å². The van der Waals surface area contributed by atoms with Crippen molar-refractivity contribution < 1.29 is 9.90 Å². The normalized spacial score (nSPS) is 34.1. The van der Waals surface area contributed by atoms with Gasteiger partial charge < -0.3 is 10.0 Å². The molecule has 3 heteroatoms. The molecule has 2 aliphatic rings. The van der Waals surface area contributed by atoms with E-state index in [0.29, 0.717) is 19.0 Å². The Morgan fingerprint density at radius 2 is 2.05 bits per heavy atom. The van der Waals surface area contributed by atoms with Gasteiger partial charge in [0.2, 0.25) is 5.91 Å².